The minimum atomic E-state index is 0.403. The van der Waals surface area contributed by atoms with E-state index in [-0.39, 0.29) is 0 Å². The Balaban J connectivity index is 1.75. The van der Waals surface area contributed by atoms with Gasteiger partial charge in [-0.15, -0.1) is 0 Å². The second-order valence-electron chi connectivity index (χ2n) is 6.20. The van der Waals surface area contributed by atoms with Gasteiger partial charge in [0.2, 0.25) is 5.91 Å². The maximum absolute atomic E-state index is 12.4. The van der Waals surface area contributed by atoms with Crippen molar-refractivity contribution in [3.63, 3.8) is 0 Å². The van der Waals surface area contributed by atoms with Crippen LogP contribution in [0.25, 0.3) is 0 Å². The SMILES string of the molecule is CCN(C(=O)CCC1CCCCC1)C1CCNCC1. The lowest BCUT2D eigenvalue weighted by Gasteiger charge is -2.34. The van der Waals surface area contributed by atoms with Crippen LogP contribution in [0.1, 0.15) is 64.7 Å². The molecule has 1 heterocycles. The van der Waals surface area contributed by atoms with Crippen molar-refractivity contribution < 1.29 is 4.79 Å². The third-order valence-corrected chi connectivity index (χ3v) is 4.90. The van der Waals surface area contributed by atoms with E-state index in [4.69, 9.17) is 0 Å². The first-order chi connectivity index (χ1) is 9.31. The average molecular weight is 266 g/mol. The van der Waals surface area contributed by atoms with Crippen LogP contribution in [0.15, 0.2) is 0 Å². The quantitative estimate of drug-likeness (QED) is 0.830. The summed E-state index contributed by atoms with van der Waals surface area (Å²) < 4.78 is 0. The van der Waals surface area contributed by atoms with Gasteiger partial charge in [0.15, 0.2) is 0 Å². The van der Waals surface area contributed by atoms with Crippen molar-refractivity contribution in [1.82, 2.24) is 10.2 Å². The van der Waals surface area contributed by atoms with Crippen LogP contribution < -0.4 is 5.32 Å². The summed E-state index contributed by atoms with van der Waals surface area (Å²) in [6.07, 6.45) is 11.0. The molecule has 0 radical (unpaired) electrons. The molecule has 2 rings (SSSR count). The molecule has 1 amide bonds. The lowest BCUT2D eigenvalue weighted by molar-refractivity contribution is -0.134. The average Bonchev–Trinajstić information content (AvgIpc) is 2.48. The molecule has 0 aromatic heterocycles. The normalized spacial score (nSPS) is 22.4. The largest absolute Gasteiger partial charge is 0.340 e. The summed E-state index contributed by atoms with van der Waals surface area (Å²) in [6.45, 7) is 5.14. The zero-order chi connectivity index (χ0) is 13.5. The first kappa shape index (κ1) is 14.8. The van der Waals surface area contributed by atoms with Gasteiger partial charge in [0.05, 0.1) is 0 Å². The molecular formula is C16H30N2O. The van der Waals surface area contributed by atoms with Crippen LogP contribution >= 0.6 is 0 Å². The number of carbonyl (C=O) groups is 1. The van der Waals surface area contributed by atoms with Crippen LogP contribution in [0.4, 0.5) is 0 Å². The third kappa shape index (κ3) is 4.48. The summed E-state index contributed by atoms with van der Waals surface area (Å²) in [5, 5.41) is 3.38. The fraction of sp³-hybridized carbons (Fsp3) is 0.938. The van der Waals surface area contributed by atoms with Gasteiger partial charge in [0.1, 0.15) is 0 Å². The second kappa shape index (κ2) is 7.88. The van der Waals surface area contributed by atoms with Crippen LogP contribution in [0.2, 0.25) is 0 Å². The molecule has 1 aliphatic heterocycles. The molecule has 2 aliphatic rings. The van der Waals surface area contributed by atoms with Gasteiger partial charge in [-0.2, -0.15) is 0 Å². The molecule has 19 heavy (non-hydrogen) atoms. The number of piperidine rings is 1. The Bertz CT molecular complexity index is 268. The molecule has 0 unspecified atom stereocenters. The van der Waals surface area contributed by atoms with Crippen LogP contribution in [0, 0.1) is 5.92 Å². The van der Waals surface area contributed by atoms with E-state index < -0.39 is 0 Å². The highest BCUT2D eigenvalue weighted by Crippen LogP contribution is 2.27. The summed E-state index contributed by atoms with van der Waals surface area (Å²) in [6, 6.07) is 0.491. The number of hydrogen-bond donors (Lipinski definition) is 1. The molecule has 2 fully saturated rings. The standard InChI is InChI=1S/C16H30N2O/c1-2-18(15-10-12-17-13-11-15)16(19)9-8-14-6-4-3-5-7-14/h14-15,17H,2-13H2,1H3. The molecule has 110 valence electrons. The smallest absolute Gasteiger partial charge is 0.222 e. The molecule has 0 aromatic carbocycles. The van der Waals surface area contributed by atoms with Gasteiger partial charge in [-0.3, -0.25) is 4.79 Å². The molecule has 0 bridgehead atoms. The van der Waals surface area contributed by atoms with Crippen molar-refractivity contribution >= 4 is 5.91 Å². The van der Waals surface area contributed by atoms with Crippen molar-refractivity contribution in [3.8, 4) is 0 Å². The highest BCUT2D eigenvalue weighted by Gasteiger charge is 2.24. The summed E-state index contributed by atoms with van der Waals surface area (Å²) in [5.74, 6) is 1.23. The summed E-state index contributed by atoms with van der Waals surface area (Å²) in [7, 11) is 0. The summed E-state index contributed by atoms with van der Waals surface area (Å²) in [5.41, 5.74) is 0. The van der Waals surface area contributed by atoms with Crippen LogP contribution in [0.5, 0.6) is 0 Å². The van der Waals surface area contributed by atoms with E-state index >= 15 is 0 Å². The molecule has 1 aliphatic carbocycles. The molecule has 3 heteroatoms. The lowest BCUT2D eigenvalue weighted by atomic mass is 9.86. The van der Waals surface area contributed by atoms with Crippen LogP contribution in [-0.2, 0) is 4.79 Å². The zero-order valence-corrected chi connectivity index (χ0v) is 12.5. The Morgan fingerprint density at radius 3 is 2.42 bits per heavy atom. The van der Waals surface area contributed by atoms with Crippen molar-refractivity contribution in [3.05, 3.63) is 0 Å². The van der Waals surface area contributed by atoms with E-state index in [1.165, 1.54) is 32.1 Å². The van der Waals surface area contributed by atoms with E-state index in [9.17, 15) is 4.79 Å². The van der Waals surface area contributed by atoms with E-state index in [0.29, 0.717) is 11.9 Å². The van der Waals surface area contributed by atoms with E-state index in [1.807, 2.05) is 0 Å². The Labute approximate surface area is 118 Å². The molecule has 0 spiro atoms. The Morgan fingerprint density at radius 2 is 1.79 bits per heavy atom. The summed E-state index contributed by atoms with van der Waals surface area (Å²) >= 11 is 0. The van der Waals surface area contributed by atoms with Gasteiger partial charge in [-0.25, -0.2) is 0 Å². The summed E-state index contributed by atoms with van der Waals surface area (Å²) in [4.78, 5) is 14.6. The highest BCUT2D eigenvalue weighted by atomic mass is 16.2. The minimum absolute atomic E-state index is 0.403. The number of carbonyl (C=O) groups excluding carboxylic acids is 1. The topological polar surface area (TPSA) is 32.3 Å². The van der Waals surface area contributed by atoms with Gasteiger partial charge in [0, 0.05) is 19.0 Å². The Morgan fingerprint density at radius 1 is 1.11 bits per heavy atom. The van der Waals surface area contributed by atoms with Crippen molar-refractivity contribution in [2.24, 2.45) is 5.92 Å². The van der Waals surface area contributed by atoms with E-state index in [0.717, 1.165) is 51.2 Å². The van der Waals surface area contributed by atoms with Crippen molar-refractivity contribution in [2.75, 3.05) is 19.6 Å². The Hall–Kier alpha value is -0.570. The van der Waals surface area contributed by atoms with Gasteiger partial charge in [-0.1, -0.05) is 32.1 Å². The molecule has 1 N–H and O–H groups in total. The lowest BCUT2D eigenvalue weighted by Crippen LogP contribution is -2.46. The van der Waals surface area contributed by atoms with Crippen LogP contribution in [-0.4, -0.2) is 36.5 Å². The van der Waals surface area contributed by atoms with Gasteiger partial charge in [-0.05, 0) is 45.2 Å². The molecule has 3 nitrogen and oxygen atoms in total. The number of amides is 1. The number of rotatable bonds is 5. The predicted molar refractivity (Wildman–Crippen MR) is 79.1 cm³/mol. The van der Waals surface area contributed by atoms with E-state index in [2.05, 4.69) is 17.1 Å². The minimum Gasteiger partial charge on any atom is -0.340 e. The van der Waals surface area contributed by atoms with Gasteiger partial charge >= 0.3 is 0 Å². The maximum Gasteiger partial charge on any atom is 0.222 e. The van der Waals surface area contributed by atoms with Crippen molar-refractivity contribution in [1.29, 1.82) is 0 Å². The zero-order valence-electron chi connectivity index (χ0n) is 12.5. The molecule has 0 atom stereocenters. The van der Waals surface area contributed by atoms with E-state index in [1.54, 1.807) is 0 Å². The van der Waals surface area contributed by atoms with Gasteiger partial charge in [0.25, 0.3) is 0 Å². The number of nitrogens with one attached hydrogen (secondary N) is 1. The van der Waals surface area contributed by atoms with Gasteiger partial charge < -0.3 is 10.2 Å². The Kier molecular flexibility index (Phi) is 6.15. The highest BCUT2D eigenvalue weighted by molar-refractivity contribution is 5.76. The first-order valence-electron chi connectivity index (χ1n) is 8.31. The molecular weight excluding hydrogens is 236 g/mol. The molecule has 1 saturated heterocycles. The third-order valence-electron chi connectivity index (χ3n) is 4.90. The van der Waals surface area contributed by atoms with Crippen molar-refractivity contribution in [2.45, 2.75) is 70.8 Å². The second-order valence-corrected chi connectivity index (χ2v) is 6.20. The molecule has 0 aromatic rings. The number of nitrogens with zero attached hydrogens (tertiary/aromatic N) is 1. The maximum atomic E-state index is 12.4. The van der Waals surface area contributed by atoms with Crippen LogP contribution in [0.3, 0.4) is 0 Å². The monoisotopic (exact) mass is 266 g/mol. The first-order valence-corrected chi connectivity index (χ1v) is 8.31. The number of hydrogen-bond acceptors (Lipinski definition) is 2. The predicted octanol–water partition coefficient (Wildman–Crippen LogP) is 2.95. The fourth-order valence-corrected chi connectivity index (χ4v) is 3.70. The molecule has 1 saturated carbocycles. The fourth-order valence-electron chi connectivity index (χ4n) is 3.70.